The summed E-state index contributed by atoms with van der Waals surface area (Å²) in [6, 6.07) is 1.75. The minimum atomic E-state index is 0.483. The number of aromatic nitrogens is 2. The Morgan fingerprint density at radius 2 is 2.17 bits per heavy atom. The zero-order chi connectivity index (χ0) is 12.7. The quantitative estimate of drug-likeness (QED) is 0.830. The minimum Gasteiger partial charge on any atom is -0.486 e. The number of halogens is 1. The molecule has 18 heavy (non-hydrogen) atoms. The Hall–Kier alpha value is -1.88. The number of benzene rings is 1. The minimum absolute atomic E-state index is 0.483. The van der Waals surface area contributed by atoms with E-state index in [4.69, 9.17) is 26.8 Å². The number of nitrogens with two attached hydrogens (primary N) is 1. The maximum Gasteiger partial charge on any atom is 0.164 e. The summed E-state index contributed by atoms with van der Waals surface area (Å²) in [7, 11) is 0. The van der Waals surface area contributed by atoms with E-state index in [1.165, 1.54) is 0 Å². The molecule has 0 aliphatic carbocycles. The number of anilines is 1. The van der Waals surface area contributed by atoms with Crippen LogP contribution in [0.1, 0.15) is 5.56 Å². The zero-order valence-electron chi connectivity index (χ0n) is 9.79. The second-order valence-electron chi connectivity index (χ2n) is 4.08. The smallest absolute Gasteiger partial charge is 0.164 e. The monoisotopic (exact) mass is 265 g/mol. The number of fused-ring (bicyclic) bond motifs is 1. The third-order valence-electron chi connectivity index (χ3n) is 2.96. The molecule has 1 aromatic heterocycles. The zero-order valence-corrected chi connectivity index (χ0v) is 10.5. The van der Waals surface area contributed by atoms with Crippen molar-refractivity contribution in [2.45, 2.75) is 6.92 Å². The van der Waals surface area contributed by atoms with Crippen LogP contribution in [-0.4, -0.2) is 23.4 Å². The van der Waals surface area contributed by atoms with E-state index in [9.17, 15) is 0 Å². The molecule has 94 valence electrons. The van der Waals surface area contributed by atoms with Crippen LogP contribution < -0.4 is 15.2 Å². The van der Waals surface area contributed by atoms with Gasteiger partial charge in [-0.25, -0.2) is 0 Å². The Kier molecular flexibility index (Phi) is 2.56. The molecule has 1 aromatic carbocycles. The highest BCUT2D eigenvalue weighted by molar-refractivity contribution is 6.34. The molecule has 3 rings (SSSR count). The van der Waals surface area contributed by atoms with Crippen molar-refractivity contribution in [1.82, 2.24) is 10.2 Å². The van der Waals surface area contributed by atoms with E-state index in [0.717, 1.165) is 22.4 Å². The summed E-state index contributed by atoms with van der Waals surface area (Å²) in [5, 5.41) is 7.18. The van der Waals surface area contributed by atoms with Gasteiger partial charge in [0.05, 0.1) is 11.2 Å². The third kappa shape index (κ3) is 1.59. The average Bonchev–Trinajstić information content (AvgIpc) is 2.76. The molecule has 0 saturated carbocycles. The molecule has 5 nitrogen and oxygen atoms in total. The number of hydrogen-bond donors (Lipinski definition) is 2. The van der Waals surface area contributed by atoms with Gasteiger partial charge in [0.15, 0.2) is 11.5 Å². The number of ether oxygens (including phenoxy) is 2. The van der Waals surface area contributed by atoms with Gasteiger partial charge in [-0.2, -0.15) is 5.10 Å². The van der Waals surface area contributed by atoms with Crippen LogP contribution in [0.3, 0.4) is 0 Å². The van der Waals surface area contributed by atoms with Crippen molar-refractivity contribution >= 4 is 17.4 Å². The van der Waals surface area contributed by atoms with Gasteiger partial charge in [0, 0.05) is 22.8 Å². The van der Waals surface area contributed by atoms with Gasteiger partial charge in [-0.3, -0.25) is 5.10 Å². The predicted octanol–water partition coefficient (Wildman–Crippen LogP) is 2.39. The van der Waals surface area contributed by atoms with E-state index >= 15 is 0 Å². The molecule has 0 bridgehead atoms. The largest absolute Gasteiger partial charge is 0.486 e. The summed E-state index contributed by atoms with van der Waals surface area (Å²) >= 11 is 6.30. The molecule has 0 atom stereocenters. The number of aromatic amines is 1. The first-order valence-electron chi connectivity index (χ1n) is 5.56. The second kappa shape index (κ2) is 4.10. The molecule has 0 radical (unpaired) electrons. The van der Waals surface area contributed by atoms with Gasteiger partial charge in [-0.05, 0) is 6.92 Å². The Bertz CT molecular complexity index is 610. The molecule has 0 amide bonds. The van der Waals surface area contributed by atoms with Crippen molar-refractivity contribution in [1.29, 1.82) is 0 Å². The highest BCUT2D eigenvalue weighted by atomic mass is 35.5. The highest BCUT2D eigenvalue weighted by Gasteiger charge is 2.22. The first-order valence-corrected chi connectivity index (χ1v) is 5.94. The third-order valence-corrected chi connectivity index (χ3v) is 3.26. The van der Waals surface area contributed by atoms with Crippen molar-refractivity contribution in [3.63, 3.8) is 0 Å². The van der Waals surface area contributed by atoms with E-state index in [1.54, 1.807) is 12.3 Å². The lowest BCUT2D eigenvalue weighted by Gasteiger charge is -2.22. The molecule has 1 aliphatic rings. The predicted molar refractivity (Wildman–Crippen MR) is 69.2 cm³/mol. The van der Waals surface area contributed by atoms with Gasteiger partial charge in [-0.15, -0.1) is 0 Å². The number of hydrogen-bond acceptors (Lipinski definition) is 4. The average molecular weight is 266 g/mol. The number of H-pyrrole nitrogens is 1. The van der Waals surface area contributed by atoms with Crippen LogP contribution in [0.25, 0.3) is 11.1 Å². The first-order chi connectivity index (χ1) is 8.68. The summed E-state index contributed by atoms with van der Waals surface area (Å²) in [6.45, 7) is 3.01. The maximum atomic E-state index is 6.30. The van der Waals surface area contributed by atoms with E-state index in [-0.39, 0.29) is 0 Å². The lowest BCUT2D eigenvalue weighted by molar-refractivity contribution is 0.170. The SMILES string of the molecule is Cc1c2c(cc(Cl)c1-c1cn[nH]c1N)OCCO2. The summed E-state index contributed by atoms with van der Waals surface area (Å²) in [6.07, 6.45) is 1.65. The molecule has 1 aliphatic heterocycles. The second-order valence-corrected chi connectivity index (χ2v) is 4.49. The van der Waals surface area contributed by atoms with Crippen molar-refractivity contribution < 1.29 is 9.47 Å². The normalized spacial score (nSPS) is 13.7. The molecule has 3 N–H and O–H groups in total. The van der Waals surface area contributed by atoms with Gasteiger partial charge in [0.1, 0.15) is 19.0 Å². The first kappa shape index (κ1) is 11.2. The molecule has 0 fully saturated rings. The number of rotatable bonds is 1. The molecule has 2 heterocycles. The lowest BCUT2D eigenvalue weighted by Crippen LogP contribution is -2.16. The number of nitrogen functional groups attached to an aromatic ring is 1. The van der Waals surface area contributed by atoms with Crippen LogP contribution in [0.5, 0.6) is 11.5 Å². The maximum absolute atomic E-state index is 6.30. The Balaban J connectivity index is 2.24. The fraction of sp³-hybridized carbons (Fsp3) is 0.250. The van der Waals surface area contributed by atoms with Crippen LogP contribution >= 0.6 is 11.6 Å². The number of nitrogens with zero attached hydrogens (tertiary/aromatic N) is 1. The molecule has 0 spiro atoms. The fourth-order valence-corrected chi connectivity index (χ4v) is 2.48. The summed E-state index contributed by atoms with van der Waals surface area (Å²) < 4.78 is 11.2. The molecular weight excluding hydrogens is 254 g/mol. The van der Waals surface area contributed by atoms with Gasteiger partial charge in [0.2, 0.25) is 0 Å². The van der Waals surface area contributed by atoms with Gasteiger partial charge < -0.3 is 15.2 Å². The van der Waals surface area contributed by atoms with Crippen LogP contribution in [-0.2, 0) is 0 Å². The lowest BCUT2D eigenvalue weighted by atomic mass is 10.0. The topological polar surface area (TPSA) is 73.2 Å². The Morgan fingerprint density at radius 3 is 2.89 bits per heavy atom. The molecule has 0 unspecified atom stereocenters. The number of nitrogens with one attached hydrogen (secondary N) is 1. The van der Waals surface area contributed by atoms with E-state index in [2.05, 4.69) is 10.2 Å². The van der Waals surface area contributed by atoms with E-state index < -0.39 is 0 Å². The molecular formula is C12H12ClN3O2. The van der Waals surface area contributed by atoms with Gasteiger partial charge in [0.25, 0.3) is 0 Å². The Morgan fingerprint density at radius 1 is 1.39 bits per heavy atom. The van der Waals surface area contributed by atoms with Crippen molar-refractivity contribution in [2.24, 2.45) is 0 Å². The van der Waals surface area contributed by atoms with E-state index in [1.807, 2.05) is 6.92 Å². The standard InChI is InChI=1S/C12H12ClN3O2/c1-6-10(7-5-15-16-12(7)14)8(13)4-9-11(6)18-3-2-17-9/h4-5H,2-3H2,1H3,(H3,14,15,16). The highest BCUT2D eigenvalue weighted by Crippen LogP contribution is 2.44. The van der Waals surface area contributed by atoms with Crippen molar-refractivity contribution in [3.8, 4) is 22.6 Å². The van der Waals surface area contributed by atoms with Crippen LogP contribution in [0.4, 0.5) is 5.82 Å². The Labute approximate surface area is 109 Å². The summed E-state index contributed by atoms with van der Waals surface area (Å²) in [5.41, 5.74) is 8.34. The molecule has 6 heteroatoms. The van der Waals surface area contributed by atoms with E-state index in [0.29, 0.717) is 29.8 Å². The summed E-state index contributed by atoms with van der Waals surface area (Å²) in [4.78, 5) is 0. The molecule has 0 saturated heterocycles. The van der Waals surface area contributed by atoms with Crippen LogP contribution in [0.15, 0.2) is 12.3 Å². The summed E-state index contributed by atoms with van der Waals surface area (Å²) in [5.74, 6) is 1.88. The van der Waals surface area contributed by atoms with Crippen LogP contribution in [0, 0.1) is 6.92 Å². The molecule has 2 aromatic rings. The van der Waals surface area contributed by atoms with Crippen LogP contribution in [0.2, 0.25) is 5.02 Å². The van der Waals surface area contributed by atoms with Crippen molar-refractivity contribution in [2.75, 3.05) is 18.9 Å². The van der Waals surface area contributed by atoms with Gasteiger partial charge in [-0.1, -0.05) is 11.6 Å². The van der Waals surface area contributed by atoms with Gasteiger partial charge >= 0.3 is 0 Å². The van der Waals surface area contributed by atoms with Crippen molar-refractivity contribution in [3.05, 3.63) is 22.8 Å². The fourth-order valence-electron chi connectivity index (χ4n) is 2.14.